The summed E-state index contributed by atoms with van der Waals surface area (Å²) in [6.07, 6.45) is 15.4. The first-order chi connectivity index (χ1) is 12.0. The zero-order chi connectivity index (χ0) is 18.5. The quantitative estimate of drug-likeness (QED) is 0.339. The van der Waals surface area contributed by atoms with Crippen LogP contribution in [0.1, 0.15) is 104 Å². The molecule has 146 valence electrons. The topological polar surface area (TPSA) is 63.6 Å². The lowest BCUT2D eigenvalue weighted by Crippen LogP contribution is -2.43. The Morgan fingerprint density at radius 2 is 1.52 bits per heavy atom. The molecular formula is C21H38O4. The van der Waals surface area contributed by atoms with Crippen LogP contribution in [0.25, 0.3) is 0 Å². The van der Waals surface area contributed by atoms with E-state index >= 15 is 0 Å². The highest BCUT2D eigenvalue weighted by Crippen LogP contribution is 2.42. The second-order valence-corrected chi connectivity index (χ2v) is 7.87. The molecule has 1 aliphatic carbocycles. The lowest BCUT2D eigenvalue weighted by molar-refractivity contribution is -0.169. The molecule has 0 amide bonds. The molecule has 0 aliphatic heterocycles. The zero-order valence-electron chi connectivity index (χ0n) is 16.4. The van der Waals surface area contributed by atoms with Crippen molar-refractivity contribution in [3.63, 3.8) is 0 Å². The number of carboxylic acid groups (broad SMARTS) is 1. The highest BCUT2D eigenvalue weighted by atomic mass is 16.5. The van der Waals surface area contributed by atoms with Gasteiger partial charge in [-0.15, -0.1) is 0 Å². The van der Waals surface area contributed by atoms with E-state index in [1.807, 2.05) is 0 Å². The van der Waals surface area contributed by atoms with Crippen LogP contribution in [0.2, 0.25) is 0 Å². The van der Waals surface area contributed by atoms with Crippen LogP contribution in [0, 0.1) is 11.3 Å². The van der Waals surface area contributed by atoms with E-state index in [9.17, 15) is 14.7 Å². The van der Waals surface area contributed by atoms with Gasteiger partial charge >= 0.3 is 11.9 Å². The Morgan fingerprint density at radius 3 is 2.08 bits per heavy atom. The monoisotopic (exact) mass is 354 g/mol. The van der Waals surface area contributed by atoms with Crippen molar-refractivity contribution in [3.05, 3.63) is 0 Å². The first-order valence-corrected chi connectivity index (χ1v) is 10.4. The number of aliphatic carboxylic acids is 1. The molecule has 2 unspecified atom stereocenters. The summed E-state index contributed by atoms with van der Waals surface area (Å²) in [5.41, 5.74) is -0.845. The molecule has 2 atom stereocenters. The molecule has 0 aromatic heterocycles. The molecule has 1 fully saturated rings. The van der Waals surface area contributed by atoms with Gasteiger partial charge in [0.2, 0.25) is 0 Å². The number of carboxylic acids is 1. The van der Waals surface area contributed by atoms with Crippen molar-refractivity contribution in [1.29, 1.82) is 0 Å². The number of esters is 1. The van der Waals surface area contributed by atoms with Gasteiger partial charge in [-0.25, -0.2) is 0 Å². The molecule has 1 aliphatic rings. The van der Waals surface area contributed by atoms with Gasteiger partial charge in [0.25, 0.3) is 0 Å². The van der Waals surface area contributed by atoms with E-state index in [-0.39, 0.29) is 5.97 Å². The second kappa shape index (κ2) is 12.3. The number of ether oxygens (including phenoxy) is 1. The minimum absolute atomic E-state index is 0.310. The minimum atomic E-state index is -0.863. The molecule has 0 spiro atoms. The maximum Gasteiger partial charge on any atom is 0.312 e. The van der Waals surface area contributed by atoms with Gasteiger partial charge in [-0.3, -0.25) is 9.59 Å². The number of carbonyl (C=O) groups is 2. The summed E-state index contributed by atoms with van der Waals surface area (Å²) in [4.78, 5) is 23.8. The first-order valence-electron chi connectivity index (χ1n) is 10.4. The number of rotatable bonds is 13. The van der Waals surface area contributed by atoms with E-state index in [0.29, 0.717) is 19.4 Å². The van der Waals surface area contributed by atoms with Crippen molar-refractivity contribution in [2.75, 3.05) is 6.61 Å². The van der Waals surface area contributed by atoms with Gasteiger partial charge in [0.1, 0.15) is 0 Å². The number of carbonyl (C=O) groups excluding carboxylic acids is 1. The highest BCUT2D eigenvalue weighted by molar-refractivity contribution is 5.84. The van der Waals surface area contributed by atoms with Crippen LogP contribution < -0.4 is 0 Å². The van der Waals surface area contributed by atoms with Gasteiger partial charge in [-0.05, 0) is 26.2 Å². The van der Waals surface area contributed by atoms with Crippen LogP contribution in [0.3, 0.4) is 0 Å². The Labute approximate surface area is 153 Å². The smallest absolute Gasteiger partial charge is 0.312 e. The molecule has 0 radical (unpaired) electrons. The molecule has 0 heterocycles. The van der Waals surface area contributed by atoms with Crippen LogP contribution in [0.15, 0.2) is 0 Å². The third kappa shape index (κ3) is 7.79. The van der Waals surface area contributed by atoms with Gasteiger partial charge < -0.3 is 9.84 Å². The molecule has 4 nitrogen and oxygen atoms in total. The van der Waals surface area contributed by atoms with Gasteiger partial charge in [0.15, 0.2) is 0 Å². The highest BCUT2D eigenvalue weighted by Gasteiger charge is 2.47. The average Bonchev–Trinajstić information content (AvgIpc) is 2.59. The van der Waals surface area contributed by atoms with Gasteiger partial charge in [0, 0.05) is 0 Å². The number of hydrogen-bond donors (Lipinski definition) is 1. The fourth-order valence-corrected chi connectivity index (χ4v) is 3.89. The van der Waals surface area contributed by atoms with E-state index < -0.39 is 17.3 Å². The molecule has 4 heteroatoms. The minimum Gasteiger partial charge on any atom is -0.481 e. The first kappa shape index (κ1) is 22.0. The predicted octanol–water partition coefficient (Wildman–Crippen LogP) is 5.73. The van der Waals surface area contributed by atoms with E-state index in [0.717, 1.165) is 25.7 Å². The lowest BCUT2D eigenvalue weighted by Gasteiger charge is -2.36. The molecule has 0 bridgehead atoms. The average molecular weight is 355 g/mol. The normalized spacial score (nSPS) is 23.4. The van der Waals surface area contributed by atoms with Crippen LogP contribution >= 0.6 is 0 Å². The zero-order valence-corrected chi connectivity index (χ0v) is 16.4. The van der Waals surface area contributed by atoms with Gasteiger partial charge in [-0.1, -0.05) is 77.6 Å². The van der Waals surface area contributed by atoms with Crippen molar-refractivity contribution >= 4 is 11.9 Å². The van der Waals surface area contributed by atoms with Crippen LogP contribution in [0.5, 0.6) is 0 Å². The Bertz CT molecular complexity index is 393. The van der Waals surface area contributed by atoms with Crippen molar-refractivity contribution in [3.8, 4) is 0 Å². The van der Waals surface area contributed by atoms with Crippen LogP contribution in [-0.4, -0.2) is 23.7 Å². The molecule has 1 rings (SSSR count). The molecule has 0 aromatic rings. The fraction of sp³-hybridized carbons (Fsp3) is 0.905. The van der Waals surface area contributed by atoms with Crippen LogP contribution in [-0.2, 0) is 14.3 Å². The summed E-state index contributed by atoms with van der Waals surface area (Å²) in [6, 6.07) is 0. The van der Waals surface area contributed by atoms with Crippen molar-refractivity contribution in [1.82, 2.24) is 0 Å². The molecular weight excluding hydrogens is 316 g/mol. The van der Waals surface area contributed by atoms with Gasteiger partial charge in [0.05, 0.1) is 17.9 Å². The second-order valence-electron chi connectivity index (χ2n) is 7.87. The third-order valence-corrected chi connectivity index (χ3v) is 5.70. The van der Waals surface area contributed by atoms with Crippen molar-refractivity contribution in [2.45, 2.75) is 104 Å². The van der Waals surface area contributed by atoms with Crippen LogP contribution in [0.4, 0.5) is 0 Å². The van der Waals surface area contributed by atoms with E-state index in [1.165, 1.54) is 51.4 Å². The number of hydrogen-bond acceptors (Lipinski definition) is 3. The Hall–Kier alpha value is -1.06. The largest absolute Gasteiger partial charge is 0.481 e. The predicted molar refractivity (Wildman–Crippen MR) is 101 cm³/mol. The van der Waals surface area contributed by atoms with Gasteiger partial charge in [-0.2, -0.15) is 0 Å². The maximum absolute atomic E-state index is 12.4. The fourth-order valence-electron chi connectivity index (χ4n) is 3.89. The SMILES string of the molecule is CCCCCCCCCCCCOC(=O)C1(C)CCCCC1C(=O)O. The summed E-state index contributed by atoms with van der Waals surface area (Å²) in [6.45, 7) is 4.44. The number of unbranched alkanes of at least 4 members (excludes halogenated alkanes) is 9. The Morgan fingerprint density at radius 1 is 0.960 bits per heavy atom. The maximum atomic E-state index is 12.4. The summed E-state index contributed by atoms with van der Waals surface area (Å²) >= 11 is 0. The molecule has 0 aromatic carbocycles. The summed E-state index contributed by atoms with van der Waals surface area (Å²) in [7, 11) is 0. The van der Waals surface area contributed by atoms with E-state index in [4.69, 9.17) is 4.74 Å². The standard InChI is InChI=1S/C21H38O4/c1-3-4-5-6-7-8-9-10-11-14-17-25-20(24)21(2)16-13-12-15-18(21)19(22)23/h18H,3-17H2,1-2H3,(H,22,23). The summed E-state index contributed by atoms with van der Waals surface area (Å²) in [5, 5.41) is 9.38. The molecule has 1 saturated carbocycles. The summed E-state index contributed by atoms with van der Waals surface area (Å²) in [5.74, 6) is -1.77. The Kier molecular flexibility index (Phi) is 10.8. The molecule has 25 heavy (non-hydrogen) atoms. The van der Waals surface area contributed by atoms with Crippen molar-refractivity contribution in [2.24, 2.45) is 11.3 Å². The molecule has 0 saturated heterocycles. The van der Waals surface area contributed by atoms with Crippen molar-refractivity contribution < 1.29 is 19.4 Å². The third-order valence-electron chi connectivity index (χ3n) is 5.70. The van der Waals surface area contributed by atoms with E-state index in [2.05, 4.69) is 6.92 Å². The summed E-state index contributed by atoms with van der Waals surface area (Å²) < 4.78 is 5.43. The lowest BCUT2D eigenvalue weighted by atomic mass is 9.67. The van der Waals surface area contributed by atoms with E-state index in [1.54, 1.807) is 6.92 Å². The Balaban J connectivity index is 2.11. The molecule has 1 N–H and O–H groups in total.